The van der Waals surface area contributed by atoms with Crippen molar-refractivity contribution in [2.24, 2.45) is 0 Å². The molecule has 1 unspecified atom stereocenters. The average molecular weight is 347 g/mol. The molecular formula is C18H35ClN2O2. The van der Waals surface area contributed by atoms with Crippen molar-refractivity contribution in [1.29, 1.82) is 0 Å². The molecule has 4 nitrogen and oxygen atoms in total. The zero-order valence-corrected chi connectivity index (χ0v) is 15.9. The van der Waals surface area contributed by atoms with Crippen LogP contribution in [0.25, 0.3) is 0 Å². The van der Waals surface area contributed by atoms with Gasteiger partial charge in [-0.2, -0.15) is 0 Å². The Bertz CT molecular complexity index is 324. The van der Waals surface area contributed by atoms with Crippen LogP contribution in [0.4, 0.5) is 0 Å². The van der Waals surface area contributed by atoms with Crippen molar-refractivity contribution < 1.29 is 9.90 Å². The van der Waals surface area contributed by atoms with Gasteiger partial charge in [-0.1, -0.05) is 58.8 Å². The molecule has 0 saturated carbocycles. The minimum Gasteiger partial charge on any atom is -0.480 e. The van der Waals surface area contributed by atoms with Crippen LogP contribution < -0.4 is 0 Å². The Morgan fingerprint density at radius 2 is 1.70 bits per heavy atom. The first-order chi connectivity index (χ1) is 11.0. The minimum atomic E-state index is -0.893. The average Bonchev–Trinajstić information content (AvgIpc) is 2.94. The fraction of sp³-hybridized carbons (Fsp3) is 0.833. The molecule has 1 aliphatic heterocycles. The fourth-order valence-corrected chi connectivity index (χ4v) is 2.48. The molecule has 1 heterocycles. The van der Waals surface area contributed by atoms with Crippen molar-refractivity contribution in [1.82, 2.24) is 9.80 Å². The predicted molar refractivity (Wildman–Crippen MR) is 98.7 cm³/mol. The molecule has 0 spiro atoms. The van der Waals surface area contributed by atoms with Crippen molar-refractivity contribution in [2.75, 3.05) is 20.3 Å². The van der Waals surface area contributed by atoms with Gasteiger partial charge >= 0.3 is 5.97 Å². The minimum absolute atomic E-state index is 0.600. The third kappa shape index (κ3) is 13.3. The van der Waals surface area contributed by atoms with Gasteiger partial charge in [-0.25, -0.2) is 0 Å². The molecule has 0 aliphatic carbocycles. The highest BCUT2D eigenvalue weighted by Gasteiger charge is 2.11. The second-order valence-corrected chi connectivity index (χ2v) is 6.75. The Balaban J connectivity index is 0.000000433. The summed E-state index contributed by atoms with van der Waals surface area (Å²) in [5.74, 6) is -0.893. The van der Waals surface area contributed by atoms with Gasteiger partial charge in [-0.05, 0) is 12.8 Å². The molecule has 0 aromatic carbocycles. The molecule has 1 aliphatic rings. The molecule has 1 N–H and O–H groups in total. The summed E-state index contributed by atoms with van der Waals surface area (Å²) < 4.78 is 0. The lowest BCUT2D eigenvalue weighted by Gasteiger charge is -2.17. The number of halogens is 1. The number of alkyl halides is 1. The van der Waals surface area contributed by atoms with Crippen LogP contribution in [0.1, 0.15) is 71.6 Å². The summed E-state index contributed by atoms with van der Waals surface area (Å²) in [4.78, 5) is 14.9. The Morgan fingerprint density at radius 3 is 2.22 bits per heavy atom. The number of hydrogen-bond acceptors (Lipinski definition) is 3. The number of aliphatic carboxylic acids is 1. The highest BCUT2D eigenvalue weighted by Crippen LogP contribution is 2.11. The van der Waals surface area contributed by atoms with E-state index in [1.807, 2.05) is 0 Å². The van der Waals surface area contributed by atoms with E-state index in [0.717, 1.165) is 19.5 Å². The zero-order valence-electron chi connectivity index (χ0n) is 15.1. The van der Waals surface area contributed by atoms with Crippen LogP contribution in [0.5, 0.6) is 0 Å². The van der Waals surface area contributed by atoms with Crippen LogP contribution in [-0.2, 0) is 4.79 Å². The van der Waals surface area contributed by atoms with E-state index >= 15 is 0 Å². The summed E-state index contributed by atoms with van der Waals surface area (Å²) in [6.45, 7) is 6.68. The summed E-state index contributed by atoms with van der Waals surface area (Å²) in [5, 5.41) is 7.80. The van der Waals surface area contributed by atoms with E-state index in [9.17, 15) is 4.79 Å². The van der Waals surface area contributed by atoms with E-state index < -0.39 is 11.3 Å². The Hall–Kier alpha value is -0.900. The number of nitrogens with zero attached hydrogens (tertiary/aromatic N) is 2. The van der Waals surface area contributed by atoms with E-state index in [4.69, 9.17) is 16.7 Å². The van der Waals surface area contributed by atoms with Gasteiger partial charge in [0.25, 0.3) is 0 Å². The van der Waals surface area contributed by atoms with Crippen molar-refractivity contribution in [3.8, 4) is 0 Å². The lowest BCUT2D eigenvalue weighted by Crippen LogP contribution is -2.23. The molecule has 23 heavy (non-hydrogen) atoms. The smallest absolute Gasteiger partial charge is 0.321 e. The quantitative estimate of drug-likeness (QED) is 0.427. The monoisotopic (exact) mass is 346 g/mol. The molecule has 0 aromatic rings. The van der Waals surface area contributed by atoms with Crippen LogP contribution in [0.2, 0.25) is 0 Å². The Labute approximate surface area is 147 Å². The number of rotatable bonds is 11. The van der Waals surface area contributed by atoms with Crippen molar-refractivity contribution >= 4 is 17.6 Å². The standard InChI is InChI=1S/C10H19ClO2.C8H16N2/c1-2-3-4-5-6-7-8-9(11)10(12)13;1-3-4-5-10-7-6-9(2)8-10/h9H,2-8H2,1H3,(H,12,13);6-7H,3-5,8H2,1-2H3. The normalized spacial score (nSPS) is 14.6. The largest absolute Gasteiger partial charge is 0.480 e. The third-order valence-electron chi connectivity index (χ3n) is 3.81. The van der Waals surface area contributed by atoms with E-state index in [1.165, 1.54) is 45.1 Å². The second-order valence-electron chi connectivity index (χ2n) is 6.22. The molecule has 0 saturated heterocycles. The predicted octanol–water partition coefficient (Wildman–Crippen LogP) is 4.89. The Morgan fingerprint density at radius 1 is 1.09 bits per heavy atom. The molecule has 0 aromatic heterocycles. The molecule has 1 rings (SSSR count). The number of hydrogen-bond donors (Lipinski definition) is 1. The van der Waals surface area contributed by atoms with Gasteiger partial charge in [0.2, 0.25) is 0 Å². The van der Waals surface area contributed by atoms with Gasteiger partial charge in [0.15, 0.2) is 0 Å². The molecule has 1 atom stereocenters. The summed E-state index contributed by atoms with van der Waals surface area (Å²) >= 11 is 5.56. The fourth-order valence-electron chi connectivity index (χ4n) is 2.32. The number of carboxylic acids is 1. The number of carboxylic acid groups (broad SMARTS) is 1. The molecule has 0 bridgehead atoms. The molecule has 136 valence electrons. The van der Waals surface area contributed by atoms with Gasteiger partial charge in [0.1, 0.15) is 5.38 Å². The summed E-state index contributed by atoms with van der Waals surface area (Å²) in [6, 6.07) is 0. The number of unbranched alkanes of at least 4 members (excludes halogenated alkanes) is 6. The maximum atomic E-state index is 10.3. The van der Waals surface area contributed by atoms with E-state index in [1.54, 1.807) is 0 Å². The van der Waals surface area contributed by atoms with Crippen LogP contribution >= 0.6 is 11.6 Å². The topological polar surface area (TPSA) is 43.8 Å². The summed E-state index contributed by atoms with van der Waals surface area (Å²) in [6.07, 6.45) is 14.5. The molecule has 0 amide bonds. The second kappa shape index (κ2) is 14.7. The summed E-state index contributed by atoms with van der Waals surface area (Å²) in [5.41, 5.74) is 0. The van der Waals surface area contributed by atoms with Crippen LogP contribution in [0.3, 0.4) is 0 Å². The molecular weight excluding hydrogens is 312 g/mol. The Kier molecular flexibility index (Phi) is 14.1. The maximum Gasteiger partial charge on any atom is 0.321 e. The molecule has 0 radical (unpaired) electrons. The molecule has 0 fully saturated rings. The zero-order chi connectivity index (χ0) is 17.5. The molecule has 5 heteroatoms. The highest BCUT2D eigenvalue weighted by atomic mass is 35.5. The van der Waals surface area contributed by atoms with E-state index in [0.29, 0.717) is 6.42 Å². The summed E-state index contributed by atoms with van der Waals surface area (Å²) in [7, 11) is 2.10. The SMILES string of the molecule is CCCCCCCCC(Cl)C(=O)O.CCCCN1C=CN(C)C1. The van der Waals surface area contributed by atoms with Crippen LogP contribution in [0.15, 0.2) is 12.4 Å². The van der Waals surface area contributed by atoms with Crippen molar-refractivity contribution in [2.45, 2.75) is 77.0 Å². The van der Waals surface area contributed by atoms with Crippen LogP contribution in [0, 0.1) is 0 Å². The maximum absolute atomic E-state index is 10.3. The van der Waals surface area contributed by atoms with E-state index in [-0.39, 0.29) is 0 Å². The van der Waals surface area contributed by atoms with Gasteiger partial charge in [-0.15, -0.1) is 11.6 Å². The van der Waals surface area contributed by atoms with E-state index in [2.05, 4.69) is 43.1 Å². The van der Waals surface area contributed by atoms with Gasteiger partial charge in [0, 0.05) is 26.0 Å². The highest BCUT2D eigenvalue weighted by molar-refractivity contribution is 6.29. The lowest BCUT2D eigenvalue weighted by molar-refractivity contribution is -0.136. The lowest BCUT2D eigenvalue weighted by atomic mass is 10.1. The van der Waals surface area contributed by atoms with Crippen molar-refractivity contribution in [3.63, 3.8) is 0 Å². The van der Waals surface area contributed by atoms with Gasteiger partial charge < -0.3 is 14.9 Å². The van der Waals surface area contributed by atoms with Crippen molar-refractivity contribution in [3.05, 3.63) is 12.4 Å². The first-order valence-electron chi connectivity index (χ1n) is 9.00. The van der Waals surface area contributed by atoms with Crippen LogP contribution in [-0.4, -0.2) is 46.5 Å². The number of carbonyl (C=O) groups is 1. The first-order valence-corrected chi connectivity index (χ1v) is 9.44. The third-order valence-corrected chi connectivity index (χ3v) is 4.22. The van der Waals surface area contributed by atoms with Gasteiger partial charge in [-0.3, -0.25) is 4.79 Å². The first kappa shape index (κ1) is 22.1. The van der Waals surface area contributed by atoms with Gasteiger partial charge in [0.05, 0.1) is 6.67 Å².